The summed E-state index contributed by atoms with van der Waals surface area (Å²) >= 11 is 7.37. The monoisotopic (exact) mass is 312 g/mol. The lowest BCUT2D eigenvalue weighted by molar-refractivity contribution is 0.0417. The molecular weight excluding hydrogens is 286 g/mol. The van der Waals surface area contributed by atoms with Crippen molar-refractivity contribution in [1.82, 2.24) is 0 Å². The lowest BCUT2D eigenvalue weighted by Gasteiger charge is -2.46. The summed E-state index contributed by atoms with van der Waals surface area (Å²) in [6.07, 6.45) is 6.79. The first-order valence-corrected chi connectivity index (χ1v) is 10.7. The van der Waals surface area contributed by atoms with Gasteiger partial charge in [-0.05, 0) is 101 Å². The van der Waals surface area contributed by atoms with Crippen LogP contribution < -0.4 is 0 Å². The maximum absolute atomic E-state index is 7.37. The van der Waals surface area contributed by atoms with Crippen LogP contribution in [0.2, 0.25) is 11.6 Å². The Morgan fingerprint density at radius 3 is 2.36 bits per heavy atom. The fraction of sp³-hybridized carbons (Fsp3) is 1.00. The maximum Gasteiger partial charge on any atom is 0.257 e. The second-order valence-electron chi connectivity index (χ2n) is 11.2. The Bertz CT molecular complexity index is 648. The van der Waals surface area contributed by atoms with Gasteiger partial charge in [-0.2, -0.15) is 11.5 Å². The Hall–Kier alpha value is 0.355. The molecule has 0 aromatic heterocycles. The van der Waals surface area contributed by atoms with Crippen LogP contribution in [-0.2, 0) is 0 Å². The van der Waals surface area contributed by atoms with E-state index in [0.717, 1.165) is 69.8 Å². The molecule has 116 valence electrons. The molecule has 0 aromatic carbocycles. The Morgan fingerprint density at radius 2 is 1.59 bits per heavy atom. The van der Waals surface area contributed by atoms with E-state index in [2.05, 4.69) is 13.8 Å². The third kappa shape index (κ3) is 0.788. The molecule has 8 saturated carbocycles. The van der Waals surface area contributed by atoms with Crippen molar-refractivity contribution in [2.24, 2.45) is 70.0 Å². The van der Waals surface area contributed by atoms with Crippen LogP contribution in [0, 0.1) is 70.0 Å². The summed E-state index contributed by atoms with van der Waals surface area (Å²) in [7, 11) is 0. The fourth-order valence-corrected chi connectivity index (χ4v) is 12.1. The molecule has 14 unspecified atom stereocenters. The zero-order valence-corrected chi connectivity index (χ0v) is 14.5. The van der Waals surface area contributed by atoms with E-state index in [1.165, 1.54) is 24.7 Å². The van der Waals surface area contributed by atoms with Crippen LogP contribution in [0.3, 0.4) is 0 Å². The van der Waals surface area contributed by atoms with Crippen LogP contribution >= 0.6 is 11.5 Å². The zero-order chi connectivity index (χ0) is 14.3. The summed E-state index contributed by atoms with van der Waals surface area (Å²) in [6, 6.07) is 0. The van der Waals surface area contributed by atoms with Crippen molar-refractivity contribution in [2.75, 3.05) is 0 Å². The first-order valence-electron chi connectivity index (χ1n) is 10.3. The Labute approximate surface area is 139 Å². The van der Waals surface area contributed by atoms with Gasteiger partial charge in [0.05, 0.1) is 0 Å². The molecule has 8 fully saturated rings. The standard InChI is InChI=1S/C20H26BCl/c1-7-3-10-11-6-13-17(20(10,11)13)18(7)21(22)14-5-9-4-12-15-8(2)16(14)19(9,12)15/h7-18H,3-6H2,1-2H3. The third-order valence-electron chi connectivity index (χ3n) is 11.7. The zero-order valence-electron chi connectivity index (χ0n) is 13.7. The molecule has 2 heteroatoms. The summed E-state index contributed by atoms with van der Waals surface area (Å²) < 4.78 is 0. The molecule has 0 radical (unpaired) electrons. The van der Waals surface area contributed by atoms with Gasteiger partial charge < -0.3 is 0 Å². The van der Waals surface area contributed by atoms with E-state index in [-0.39, 0.29) is 0 Å². The Kier molecular flexibility index (Phi) is 1.55. The molecule has 0 heterocycles. The molecule has 0 bridgehead atoms. The minimum absolute atomic E-state index is 0.539. The molecule has 0 N–H and O–H groups in total. The smallest absolute Gasteiger partial charge is 0.195 e. The summed E-state index contributed by atoms with van der Waals surface area (Å²) in [5, 5.41) is 0. The highest BCUT2D eigenvalue weighted by atomic mass is 35.5. The third-order valence-corrected chi connectivity index (χ3v) is 12.3. The predicted molar refractivity (Wildman–Crippen MR) is 88.7 cm³/mol. The number of fused-ring (bicyclic) bond motifs is 3. The van der Waals surface area contributed by atoms with Gasteiger partial charge in [-0.3, -0.25) is 0 Å². The second kappa shape index (κ2) is 2.89. The van der Waals surface area contributed by atoms with Gasteiger partial charge >= 0.3 is 0 Å². The summed E-state index contributed by atoms with van der Waals surface area (Å²) in [5.41, 5.74) is 1.80. The van der Waals surface area contributed by atoms with Crippen LogP contribution in [0.5, 0.6) is 0 Å². The molecule has 0 aromatic rings. The number of hydrogen-bond donors (Lipinski definition) is 0. The van der Waals surface area contributed by atoms with Crippen molar-refractivity contribution in [3.63, 3.8) is 0 Å². The van der Waals surface area contributed by atoms with Crippen molar-refractivity contribution in [2.45, 2.75) is 51.2 Å². The molecule has 8 rings (SSSR count). The molecule has 0 nitrogen and oxygen atoms in total. The molecule has 2 spiro atoms. The van der Waals surface area contributed by atoms with Crippen molar-refractivity contribution in [1.29, 1.82) is 0 Å². The van der Waals surface area contributed by atoms with Crippen molar-refractivity contribution in [3.05, 3.63) is 0 Å². The van der Waals surface area contributed by atoms with E-state index < -0.39 is 0 Å². The largest absolute Gasteiger partial charge is 0.257 e. The van der Waals surface area contributed by atoms with Gasteiger partial charge in [0.15, 0.2) is 0 Å². The van der Waals surface area contributed by atoms with Crippen LogP contribution in [0.25, 0.3) is 0 Å². The van der Waals surface area contributed by atoms with E-state index in [4.69, 9.17) is 11.5 Å². The lowest BCUT2D eigenvalue weighted by atomic mass is 9.42. The van der Waals surface area contributed by atoms with Crippen molar-refractivity contribution < 1.29 is 0 Å². The van der Waals surface area contributed by atoms with Crippen LogP contribution in [-0.4, -0.2) is 6.13 Å². The van der Waals surface area contributed by atoms with E-state index in [9.17, 15) is 0 Å². The predicted octanol–water partition coefficient (Wildman–Crippen LogP) is 4.80. The van der Waals surface area contributed by atoms with Gasteiger partial charge in [0.1, 0.15) is 0 Å². The maximum atomic E-state index is 7.37. The van der Waals surface area contributed by atoms with Crippen molar-refractivity contribution >= 4 is 17.6 Å². The van der Waals surface area contributed by atoms with E-state index in [1.54, 1.807) is 12.8 Å². The molecule has 0 saturated heterocycles. The molecule has 8 aliphatic carbocycles. The van der Waals surface area contributed by atoms with Gasteiger partial charge in [-0.25, -0.2) is 0 Å². The minimum Gasteiger partial charge on any atom is -0.195 e. The van der Waals surface area contributed by atoms with Crippen LogP contribution in [0.1, 0.15) is 39.5 Å². The quantitative estimate of drug-likeness (QED) is 0.642. The highest BCUT2D eigenvalue weighted by molar-refractivity contribution is 7.08. The van der Waals surface area contributed by atoms with Gasteiger partial charge in [0.2, 0.25) is 0 Å². The van der Waals surface area contributed by atoms with Gasteiger partial charge in [-0.15, -0.1) is 0 Å². The number of rotatable bonds is 2. The molecule has 22 heavy (non-hydrogen) atoms. The average Bonchev–Trinajstić information content (AvgIpc) is 3.21. The lowest BCUT2D eigenvalue weighted by Crippen LogP contribution is -2.43. The first-order chi connectivity index (χ1) is 10.6. The summed E-state index contributed by atoms with van der Waals surface area (Å²) in [5.74, 6) is 12.8. The Balaban J connectivity index is 1.16. The number of halogens is 1. The SMILES string of the molecule is CC1CC2C3CC4C(C1B(Cl)C1CC5CC6C7C(C)C1C567)C234. The van der Waals surface area contributed by atoms with Gasteiger partial charge in [0.25, 0.3) is 6.13 Å². The minimum atomic E-state index is 0.539. The topological polar surface area (TPSA) is 0 Å². The molecule has 0 aliphatic heterocycles. The molecular formula is C20H26BCl. The van der Waals surface area contributed by atoms with E-state index in [1.807, 2.05) is 0 Å². The van der Waals surface area contributed by atoms with Crippen LogP contribution in [0.15, 0.2) is 0 Å². The second-order valence-corrected chi connectivity index (χ2v) is 11.7. The molecule has 0 amide bonds. The van der Waals surface area contributed by atoms with Crippen LogP contribution in [0.4, 0.5) is 0 Å². The average molecular weight is 313 g/mol. The van der Waals surface area contributed by atoms with E-state index >= 15 is 0 Å². The van der Waals surface area contributed by atoms with Gasteiger partial charge in [0, 0.05) is 0 Å². The molecule has 14 atom stereocenters. The first kappa shape index (κ1) is 11.8. The van der Waals surface area contributed by atoms with E-state index in [0.29, 0.717) is 6.13 Å². The van der Waals surface area contributed by atoms with Gasteiger partial charge in [-0.1, -0.05) is 20.3 Å². The Morgan fingerprint density at radius 1 is 0.818 bits per heavy atom. The highest BCUT2D eigenvalue weighted by Gasteiger charge is 2.95. The molecule has 8 aliphatic rings. The normalized spacial score (nSPS) is 82.0. The summed E-state index contributed by atoms with van der Waals surface area (Å²) in [6.45, 7) is 5.14. The fourth-order valence-electron chi connectivity index (χ4n) is 11.5. The highest BCUT2D eigenvalue weighted by Crippen LogP contribution is 3.00. The number of hydrogen-bond acceptors (Lipinski definition) is 0. The summed E-state index contributed by atoms with van der Waals surface area (Å²) in [4.78, 5) is 0. The van der Waals surface area contributed by atoms with Crippen molar-refractivity contribution in [3.8, 4) is 0 Å².